The number of anilines is 2. The molecule has 0 spiro atoms. The highest BCUT2D eigenvalue weighted by atomic mass is 32.2. The third-order valence-electron chi connectivity index (χ3n) is 4.90. The molecule has 1 N–H and O–H groups in total. The lowest BCUT2D eigenvalue weighted by atomic mass is 10.1. The number of hydrogen-bond acceptors (Lipinski definition) is 5. The molecule has 0 saturated heterocycles. The number of rotatable bonds is 7. The predicted octanol–water partition coefficient (Wildman–Crippen LogP) is 5.12. The van der Waals surface area contributed by atoms with E-state index in [1.54, 1.807) is 48.5 Å². The van der Waals surface area contributed by atoms with Gasteiger partial charge < -0.3 is 10.1 Å². The first-order valence-corrected chi connectivity index (χ1v) is 11.3. The molecule has 0 fully saturated rings. The molecule has 33 heavy (non-hydrogen) atoms. The normalized spacial score (nSPS) is 13.5. The van der Waals surface area contributed by atoms with E-state index in [0.717, 1.165) is 4.90 Å². The van der Waals surface area contributed by atoms with E-state index in [0.29, 0.717) is 39.8 Å². The number of carbonyl (C=O) groups is 3. The summed E-state index contributed by atoms with van der Waals surface area (Å²) in [4.78, 5) is 40.7. The Kier molecular flexibility index (Phi) is 6.60. The minimum absolute atomic E-state index is 0.184. The number of nitrogens with zero attached hydrogens (tertiary/aromatic N) is 1. The largest absolute Gasteiger partial charge is 0.494 e. The van der Waals surface area contributed by atoms with Crippen molar-refractivity contribution >= 4 is 46.4 Å². The van der Waals surface area contributed by atoms with Crippen LogP contribution < -0.4 is 15.0 Å². The maximum absolute atomic E-state index is 13.5. The average Bonchev–Trinajstić information content (AvgIpc) is 3.05. The SMILES string of the molecule is CCOc1ccc(N2C(=O)C(Sc3ccccc3)=C(c3ccc(NC(C)=O)cc3)C2=O)cc1. The number of imide groups is 1. The first kappa shape index (κ1) is 22.4. The van der Waals surface area contributed by atoms with Gasteiger partial charge in [0, 0.05) is 17.5 Å². The Balaban J connectivity index is 1.73. The molecule has 0 radical (unpaired) electrons. The summed E-state index contributed by atoms with van der Waals surface area (Å²) in [5.41, 5.74) is 2.03. The lowest BCUT2D eigenvalue weighted by Crippen LogP contribution is -2.31. The van der Waals surface area contributed by atoms with Crippen molar-refractivity contribution in [2.45, 2.75) is 18.7 Å². The van der Waals surface area contributed by atoms with E-state index >= 15 is 0 Å². The van der Waals surface area contributed by atoms with Crippen LogP contribution in [0, 0.1) is 0 Å². The first-order chi connectivity index (χ1) is 16.0. The van der Waals surface area contributed by atoms with Gasteiger partial charge in [-0.05, 0) is 61.0 Å². The van der Waals surface area contributed by atoms with Crippen LogP contribution in [-0.4, -0.2) is 24.3 Å². The first-order valence-electron chi connectivity index (χ1n) is 10.4. The molecule has 1 aliphatic heterocycles. The Morgan fingerprint density at radius 1 is 0.909 bits per heavy atom. The maximum Gasteiger partial charge on any atom is 0.272 e. The van der Waals surface area contributed by atoms with Crippen LogP contribution in [0.5, 0.6) is 5.75 Å². The van der Waals surface area contributed by atoms with Gasteiger partial charge in [0.2, 0.25) is 5.91 Å². The molecule has 0 atom stereocenters. The summed E-state index contributed by atoms with van der Waals surface area (Å²) < 4.78 is 5.47. The molecular formula is C26H22N2O4S. The standard InChI is InChI=1S/C26H22N2O4S/c1-3-32-21-15-13-20(14-16-21)28-25(30)23(18-9-11-19(12-10-18)27-17(2)29)24(26(28)31)33-22-7-5-4-6-8-22/h4-16H,3H2,1-2H3,(H,27,29). The minimum Gasteiger partial charge on any atom is -0.494 e. The van der Waals surface area contributed by atoms with E-state index in [1.165, 1.54) is 23.6 Å². The number of thioether (sulfide) groups is 1. The summed E-state index contributed by atoms with van der Waals surface area (Å²) in [5, 5.41) is 2.71. The van der Waals surface area contributed by atoms with Crippen LogP contribution >= 0.6 is 11.8 Å². The maximum atomic E-state index is 13.5. The number of hydrogen-bond donors (Lipinski definition) is 1. The van der Waals surface area contributed by atoms with Crippen molar-refractivity contribution in [2.75, 3.05) is 16.8 Å². The van der Waals surface area contributed by atoms with Crippen LogP contribution in [0.3, 0.4) is 0 Å². The van der Waals surface area contributed by atoms with Crippen LogP contribution in [-0.2, 0) is 14.4 Å². The topological polar surface area (TPSA) is 75.7 Å². The molecule has 0 unspecified atom stereocenters. The summed E-state index contributed by atoms with van der Waals surface area (Å²) in [5.74, 6) is -0.286. The van der Waals surface area contributed by atoms with Crippen molar-refractivity contribution in [2.24, 2.45) is 0 Å². The van der Waals surface area contributed by atoms with Gasteiger partial charge >= 0.3 is 0 Å². The summed E-state index contributed by atoms with van der Waals surface area (Å²) in [6.07, 6.45) is 0. The fourth-order valence-corrected chi connectivity index (χ4v) is 4.50. The molecule has 1 aliphatic rings. The van der Waals surface area contributed by atoms with E-state index in [1.807, 2.05) is 37.3 Å². The summed E-state index contributed by atoms with van der Waals surface area (Å²) >= 11 is 1.26. The average molecular weight is 459 g/mol. The predicted molar refractivity (Wildman–Crippen MR) is 130 cm³/mol. The van der Waals surface area contributed by atoms with Gasteiger partial charge in [0.1, 0.15) is 5.75 Å². The molecular weight excluding hydrogens is 436 g/mol. The number of carbonyl (C=O) groups excluding carboxylic acids is 3. The lowest BCUT2D eigenvalue weighted by Gasteiger charge is -2.16. The van der Waals surface area contributed by atoms with Crippen LogP contribution in [0.4, 0.5) is 11.4 Å². The van der Waals surface area contributed by atoms with Gasteiger partial charge in [-0.1, -0.05) is 42.1 Å². The molecule has 166 valence electrons. The van der Waals surface area contributed by atoms with Crippen molar-refractivity contribution in [3.05, 3.63) is 89.3 Å². The van der Waals surface area contributed by atoms with Crippen molar-refractivity contribution in [1.82, 2.24) is 0 Å². The zero-order chi connectivity index (χ0) is 23.4. The molecule has 3 aromatic rings. The second-order valence-corrected chi connectivity index (χ2v) is 8.33. The van der Waals surface area contributed by atoms with Crippen LogP contribution in [0.2, 0.25) is 0 Å². The van der Waals surface area contributed by atoms with Crippen LogP contribution in [0.25, 0.3) is 5.57 Å². The summed E-state index contributed by atoms with van der Waals surface area (Å²) in [6.45, 7) is 3.85. The molecule has 4 rings (SSSR count). The van der Waals surface area contributed by atoms with E-state index in [2.05, 4.69) is 5.32 Å². The van der Waals surface area contributed by atoms with Crippen molar-refractivity contribution < 1.29 is 19.1 Å². The van der Waals surface area contributed by atoms with Crippen molar-refractivity contribution in [3.8, 4) is 5.75 Å². The van der Waals surface area contributed by atoms with Gasteiger partial charge in [-0.25, -0.2) is 4.90 Å². The Morgan fingerprint density at radius 3 is 2.18 bits per heavy atom. The van der Waals surface area contributed by atoms with Gasteiger partial charge in [0.15, 0.2) is 0 Å². The number of benzene rings is 3. The second kappa shape index (κ2) is 9.75. The van der Waals surface area contributed by atoms with Crippen LogP contribution in [0.15, 0.2) is 88.7 Å². The van der Waals surface area contributed by atoms with E-state index in [4.69, 9.17) is 4.74 Å². The Bertz CT molecular complexity index is 1220. The van der Waals surface area contributed by atoms with Gasteiger partial charge in [0.05, 0.1) is 22.8 Å². The quantitative estimate of drug-likeness (QED) is 0.498. The number of ether oxygens (including phenoxy) is 1. The molecule has 0 bridgehead atoms. The van der Waals surface area contributed by atoms with Gasteiger partial charge in [-0.2, -0.15) is 0 Å². The molecule has 6 nitrogen and oxygen atoms in total. The molecule has 3 amide bonds. The Labute approximate surface area is 196 Å². The fraction of sp³-hybridized carbons (Fsp3) is 0.115. The third kappa shape index (κ3) is 4.83. The third-order valence-corrected chi connectivity index (χ3v) is 6.00. The Hall–Kier alpha value is -3.84. The fourth-order valence-electron chi connectivity index (χ4n) is 3.48. The monoisotopic (exact) mass is 458 g/mol. The highest BCUT2D eigenvalue weighted by Crippen LogP contribution is 2.41. The van der Waals surface area contributed by atoms with E-state index in [-0.39, 0.29) is 11.8 Å². The Morgan fingerprint density at radius 2 is 1.58 bits per heavy atom. The van der Waals surface area contributed by atoms with Crippen molar-refractivity contribution in [1.29, 1.82) is 0 Å². The zero-order valence-electron chi connectivity index (χ0n) is 18.2. The zero-order valence-corrected chi connectivity index (χ0v) is 19.0. The number of amides is 3. The molecule has 0 aliphatic carbocycles. The van der Waals surface area contributed by atoms with E-state index in [9.17, 15) is 14.4 Å². The van der Waals surface area contributed by atoms with Gasteiger partial charge in [-0.15, -0.1) is 0 Å². The van der Waals surface area contributed by atoms with Crippen LogP contribution in [0.1, 0.15) is 19.4 Å². The molecule has 0 saturated carbocycles. The molecule has 0 aromatic heterocycles. The van der Waals surface area contributed by atoms with Gasteiger partial charge in [0.25, 0.3) is 11.8 Å². The highest BCUT2D eigenvalue weighted by Gasteiger charge is 2.40. The highest BCUT2D eigenvalue weighted by molar-refractivity contribution is 8.04. The molecule has 3 aromatic carbocycles. The van der Waals surface area contributed by atoms with E-state index < -0.39 is 5.91 Å². The van der Waals surface area contributed by atoms with Gasteiger partial charge in [-0.3, -0.25) is 14.4 Å². The summed E-state index contributed by atoms with van der Waals surface area (Å²) in [6, 6.07) is 23.2. The molecule has 1 heterocycles. The lowest BCUT2D eigenvalue weighted by molar-refractivity contribution is -0.120. The smallest absolute Gasteiger partial charge is 0.272 e. The minimum atomic E-state index is -0.394. The molecule has 7 heteroatoms. The second-order valence-electron chi connectivity index (χ2n) is 7.25. The number of nitrogens with one attached hydrogen (secondary N) is 1. The van der Waals surface area contributed by atoms with Crippen molar-refractivity contribution in [3.63, 3.8) is 0 Å². The summed E-state index contributed by atoms with van der Waals surface area (Å²) in [7, 11) is 0.